The maximum absolute atomic E-state index is 13.3. The molecule has 0 atom stereocenters. The van der Waals surface area contributed by atoms with Crippen LogP contribution in [-0.2, 0) is 7.05 Å². The second kappa shape index (κ2) is 8.99. The van der Waals surface area contributed by atoms with Gasteiger partial charge in [0.2, 0.25) is 0 Å². The molecule has 0 radical (unpaired) electrons. The number of rotatable bonds is 5. The Balaban J connectivity index is 1.31. The van der Waals surface area contributed by atoms with Crippen LogP contribution in [0.2, 0.25) is 0 Å². The van der Waals surface area contributed by atoms with Crippen molar-refractivity contribution in [3.8, 4) is 22.8 Å². The number of carbonyl (C=O) groups is 1. The Morgan fingerprint density at radius 3 is 2.44 bits per heavy atom. The van der Waals surface area contributed by atoms with E-state index in [1.165, 1.54) is 18.2 Å². The van der Waals surface area contributed by atoms with Gasteiger partial charge in [-0.15, -0.1) is 0 Å². The molecule has 0 aliphatic heterocycles. The topological polar surface area (TPSA) is 94.0 Å². The third-order valence-corrected chi connectivity index (χ3v) is 4.92. The Morgan fingerprint density at radius 1 is 0.912 bits per heavy atom. The van der Waals surface area contributed by atoms with Crippen molar-refractivity contribution in [2.45, 2.75) is 0 Å². The van der Waals surface area contributed by atoms with Crippen LogP contribution in [0.4, 0.5) is 20.6 Å². The largest absolute Gasteiger partial charge is 0.457 e. The third-order valence-electron chi connectivity index (χ3n) is 4.92. The van der Waals surface area contributed by atoms with Gasteiger partial charge in [0.25, 0.3) is 0 Å². The van der Waals surface area contributed by atoms with Crippen molar-refractivity contribution >= 4 is 28.4 Å². The highest BCUT2D eigenvalue weighted by Gasteiger charge is 2.08. The van der Waals surface area contributed by atoms with Crippen molar-refractivity contribution in [3.05, 3.63) is 91.1 Å². The van der Waals surface area contributed by atoms with Gasteiger partial charge in [-0.2, -0.15) is 5.10 Å². The highest BCUT2D eigenvalue weighted by molar-refractivity contribution is 5.99. The van der Waals surface area contributed by atoms with E-state index in [4.69, 9.17) is 4.74 Å². The van der Waals surface area contributed by atoms with Gasteiger partial charge in [-0.25, -0.2) is 14.2 Å². The van der Waals surface area contributed by atoms with Gasteiger partial charge in [-0.05, 0) is 42.5 Å². The van der Waals surface area contributed by atoms with Crippen molar-refractivity contribution < 1.29 is 13.9 Å². The van der Waals surface area contributed by atoms with Crippen LogP contribution in [0.1, 0.15) is 0 Å². The van der Waals surface area contributed by atoms with E-state index in [1.807, 2.05) is 19.3 Å². The summed E-state index contributed by atoms with van der Waals surface area (Å²) in [5.41, 5.74) is 3.89. The molecule has 34 heavy (non-hydrogen) atoms. The highest BCUT2D eigenvalue weighted by atomic mass is 19.1. The van der Waals surface area contributed by atoms with Crippen molar-refractivity contribution in [1.29, 1.82) is 0 Å². The first-order chi connectivity index (χ1) is 16.5. The zero-order valence-corrected chi connectivity index (χ0v) is 18.1. The average Bonchev–Trinajstić information content (AvgIpc) is 3.25. The lowest BCUT2D eigenvalue weighted by molar-refractivity contribution is 0.262. The lowest BCUT2D eigenvalue weighted by Gasteiger charge is -2.10. The summed E-state index contributed by atoms with van der Waals surface area (Å²) < 4.78 is 21.0. The zero-order valence-electron chi connectivity index (χ0n) is 18.1. The fourth-order valence-corrected chi connectivity index (χ4v) is 3.38. The molecule has 2 aromatic heterocycles. The van der Waals surface area contributed by atoms with Gasteiger partial charge in [0.15, 0.2) is 0 Å². The summed E-state index contributed by atoms with van der Waals surface area (Å²) in [6.07, 6.45) is 5.32. The average molecular weight is 454 g/mol. The number of fused-ring (bicyclic) bond motifs is 1. The predicted molar refractivity (Wildman–Crippen MR) is 127 cm³/mol. The van der Waals surface area contributed by atoms with Gasteiger partial charge in [-0.3, -0.25) is 9.67 Å². The summed E-state index contributed by atoms with van der Waals surface area (Å²) >= 11 is 0. The van der Waals surface area contributed by atoms with Crippen molar-refractivity contribution in [2.24, 2.45) is 7.05 Å². The van der Waals surface area contributed by atoms with E-state index >= 15 is 0 Å². The summed E-state index contributed by atoms with van der Waals surface area (Å²) in [5.74, 6) is 0.673. The number of hydrogen-bond donors (Lipinski definition) is 2. The number of nitrogens with one attached hydrogen (secondary N) is 2. The van der Waals surface area contributed by atoms with Gasteiger partial charge in [-0.1, -0.05) is 12.1 Å². The molecule has 0 saturated carbocycles. The summed E-state index contributed by atoms with van der Waals surface area (Å²) in [4.78, 5) is 21.4. The monoisotopic (exact) mass is 454 g/mol. The fourth-order valence-electron chi connectivity index (χ4n) is 3.38. The van der Waals surface area contributed by atoms with Crippen molar-refractivity contribution in [3.63, 3.8) is 0 Å². The van der Waals surface area contributed by atoms with E-state index in [1.54, 1.807) is 59.5 Å². The van der Waals surface area contributed by atoms with Crippen LogP contribution in [0.3, 0.4) is 0 Å². The molecule has 0 spiro atoms. The minimum absolute atomic E-state index is 0.354. The molecule has 5 rings (SSSR count). The third kappa shape index (κ3) is 4.83. The minimum Gasteiger partial charge on any atom is -0.457 e. The molecular formula is C25H19FN6O2. The Bertz CT molecular complexity index is 1500. The van der Waals surface area contributed by atoms with E-state index in [-0.39, 0.29) is 0 Å². The molecule has 0 bridgehead atoms. The predicted octanol–water partition coefficient (Wildman–Crippen LogP) is 5.61. The number of hydrogen-bond acceptors (Lipinski definition) is 5. The molecule has 8 nitrogen and oxygen atoms in total. The van der Waals surface area contributed by atoms with Crippen LogP contribution in [-0.4, -0.2) is 25.8 Å². The molecule has 0 unspecified atom stereocenters. The fraction of sp³-hybridized carbons (Fsp3) is 0.0400. The molecule has 0 aliphatic carbocycles. The van der Waals surface area contributed by atoms with Crippen LogP contribution in [0, 0.1) is 5.82 Å². The van der Waals surface area contributed by atoms with E-state index in [0.29, 0.717) is 34.1 Å². The SMILES string of the molecule is Cn1cc(-c2cnc3ccc(Oc4cccc(NC(=O)Nc5cccc(F)c5)c4)cc3n2)cn1. The van der Waals surface area contributed by atoms with Gasteiger partial charge >= 0.3 is 6.03 Å². The van der Waals surface area contributed by atoms with Crippen LogP contribution in [0.5, 0.6) is 11.5 Å². The highest BCUT2D eigenvalue weighted by Crippen LogP contribution is 2.27. The quantitative estimate of drug-likeness (QED) is 0.360. The maximum atomic E-state index is 13.3. The summed E-state index contributed by atoms with van der Waals surface area (Å²) in [6, 6.07) is 17.6. The van der Waals surface area contributed by atoms with Crippen LogP contribution >= 0.6 is 0 Å². The number of nitrogens with zero attached hydrogens (tertiary/aromatic N) is 4. The van der Waals surface area contributed by atoms with Gasteiger partial charge in [0, 0.05) is 42.3 Å². The second-order valence-electron chi connectivity index (χ2n) is 7.53. The van der Waals surface area contributed by atoms with Gasteiger partial charge < -0.3 is 15.4 Å². The number of amides is 2. The molecule has 0 saturated heterocycles. The van der Waals surface area contributed by atoms with Crippen LogP contribution in [0.25, 0.3) is 22.3 Å². The van der Waals surface area contributed by atoms with E-state index in [0.717, 1.165) is 11.1 Å². The summed E-state index contributed by atoms with van der Waals surface area (Å²) in [5, 5.41) is 9.47. The molecule has 2 amide bonds. The molecule has 0 aliphatic rings. The number of anilines is 2. The molecule has 2 N–H and O–H groups in total. The second-order valence-corrected chi connectivity index (χ2v) is 7.53. The smallest absolute Gasteiger partial charge is 0.323 e. The molecule has 3 aromatic carbocycles. The van der Waals surface area contributed by atoms with E-state index < -0.39 is 11.8 Å². The Morgan fingerprint density at radius 2 is 1.68 bits per heavy atom. The zero-order chi connectivity index (χ0) is 23.5. The molecule has 9 heteroatoms. The number of carbonyl (C=O) groups excluding carboxylic acids is 1. The van der Waals surface area contributed by atoms with E-state index in [2.05, 4.69) is 25.7 Å². The minimum atomic E-state index is -0.494. The van der Waals surface area contributed by atoms with E-state index in [9.17, 15) is 9.18 Å². The first kappa shape index (κ1) is 21.1. The Hall–Kier alpha value is -4.79. The Labute approximate surface area is 194 Å². The number of urea groups is 1. The van der Waals surface area contributed by atoms with Gasteiger partial charge in [0.05, 0.1) is 29.1 Å². The van der Waals surface area contributed by atoms with Crippen molar-refractivity contribution in [1.82, 2.24) is 19.7 Å². The first-order valence-electron chi connectivity index (χ1n) is 10.4. The Kier molecular flexibility index (Phi) is 5.57. The molecular weight excluding hydrogens is 435 g/mol. The van der Waals surface area contributed by atoms with Gasteiger partial charge in [0.1, 0.15) is 17.3 Å². The molecule has 2 heterocycles. The summed E-state index contributed by atoms with van der Waals surface area (Å²) in [7, 11) is 1.85. The summed E-state index contributed by atoms with van der Waals surface area (Å²) in [6.45, 7) is 0. The number of aromatic nitrogens is 4. The molecule has 5 aromatic rings. The normalized spacial score (nSPS) is 10.8. The standard InChI is InChI=1S/C25H19FN6O2/c1-32-15-16(13-28-32)24-14-27-22-9-8-21(12-23(22)31-24)34-20-7-3-6-19(11-20)30-25(33)29-18-5-2-4-17(26)10-18/h2-15H,1H3,(H2,29,30,33). The lowest BCUT2D eigenvalue weighted by atomic mass is 10.2. The molecule has 0 fully saturated rings. The number of aryl methyl sites for hydroxylation is 1. The lowest BCUT2D eigenvalue weighted by Crippen LogP contribution is -2.19. The van der Waals surface area contributed by atoms with Crippen molar-refractivity contribution in [2.75, 3.05) is 10.6 Å². The van der Waals surface area contributed by atoms with Crippen LogP contribution in [0.15, 0.2) is 85.3 Å². The molecule has 168 valence electrons. The number of ether oxygens (including phenoxy) is 1. The van der Waals surface area contributed by atoms with Crippen LogP contribution < -0.4 is 15.4 Å². The number of benzene rings is 3. The maximum Gasteiger partial charge on any atom is 0.323 e. The first-order valence-corrected chi connectivity index (χ1v) is 10.4. The number of halogens is 1.